The molecule has 1 saturated heterocycles. The van der Waals surface area contributed by atoms with Crippen LogP contribution in [-0.4, -0.2) is 24.0 Å². The molecule has 0 aromatic carbocycles. The minimum atomic E-state index is 0.537. The molecule has 1 aliphatic heterocycles. The highest BCUT2D eigenvalue weighted by Crippen LogP contribution is 2.37. The minimum Gasteiger partial charge on any atom is -0.300 e. The van der Waals surface area contributed by atoms with Gasteiger partial charge < -0.3 is 0 Å². The van der Waals surface area contributed by atoms with Gasteiger partial charge in [0.1, 0.15) is 0 Å². The summed E-state index contributed by atoms with van der Waals surface area (Å²) in [6.07, 6.45) is 5.89. The molecule has 0 radical (unpaired) electrons. The average molecular weight is 181 g/mol. The quantitative estimate of drug-likeness (QED) is 0.601. The van der Waals surface area contributed by atoms with Crippen LogP contribution in [0.1, 0.15) is 46.5 Å². The fourth-order valence-corrected chi connectivity index (χ4v) is 2.63. The van der Waals surface area contributed by atoms with E-state index in [0.29, 0.717) is 5.41 Å². The molecule has 1 heteroatoms. The summed E-state index contributed by atoms with van der Waals surface area (Å²) in [6.45, 7) is 9.87. The number of nitrogens with zero attached hydrogens (tertiary/aromatic N) is 1. The Morgan fingerprint density at radius 1 is 1.00 bits per heavy atom. The fourth-order valence-electron chi connectivity index (χ4n) is 2.63. The zero-order chi connectivity index (χ0) is 9.47. The molecule has 0 atom stereocenters. The van der Waals surface area contributed by atoms with Crippen LogP contribution in [0.2, 0.25) is 0 Å². The molecule has 0 unspecified atom stereocenters. The molecule has 0 amide bonds. The lowest BCUT2D eigenvalue weighted by atomic mass is 9.75. The second-order valence-corrected chi connectivity index (χ2v) is 5.96. The highest BCUT2D eigenvalue weighted by Gasteiger charge is 2.39. The summed E-state index contributed by atoms with van der Waals surface area (Å²) in [5, 5.41) is 0. The minimum absolute atomic E-state index is 0.537. The number of likely N-dealkylation sites (tertiary alicyclic amines) is 1. The second-order valence-electron chi connectivity index (χ2n) is 5.96. The van der Waals surface area contributed by atoms with Crippen molar-refractivity contribution in [2.45, 2.75) is 52.5 Å². The van der Waals surface area contributed by atoms with E-state index in [4.69, 9.17) is 0 Å². The van der Waals surface area contributed by atoms with Crippen molar-refractivity contribution < 1.29 is 0 Å². The monoisotopic (exact) mass is 181 g/mol. The average Bonchev–Trinajstić information content (AvgIpc) is 2.31. The van der Waals surface area contributed by atoms with Crippen LogP contribution >= 0.6 is 0 Å². The van der Waals surface area contributed by atoms with Crippen molar-refractivity contribution in [3.63, 3.8) is 0 Å². The Kier molecular flexibility index (Phi) is 2.39. The molecular weight excluding hydrogens is 158 g/mol. The molecule has 1 heterocycles. The molecule has 13 heavy (non-hydrogen) atoms. The molecule has 1 saturated carbocycles. The lowest BCUT2D eigenvalue weighted by Gasteiger charge is -2.49. The van der Waals surface area contributed by atoms with E-state index < -0.39 is 0 Å². The zero-order valence-corrected chi connectivity index (χ0v) is 9.34. The fraction of sp³-hybridized carbons (Fsp3) is 1.00. The van der Waals surface area contributed by atoms with Gasteiger partial charge in [0.25, 0.3) is 0 Å². The molecule has 0 spiro atoms. The summed E-state index contributed by atoms with van der Waals surface area (Å²) in [5.41, 5.74) is 0.537. The Morgan fingerprint density at radius 2 is 1.54 bits per heavy atom. The van der Waals surface area contributed by atoms with Crippen LogP contribution < -0.4 is 0 Å². The van der Waals surface area contributed by atoms with Gasteiger partial charge in [-0.25, -0.2) is 0 Å². The molecule has 1 nitrogen and oxygen atoms in total. The molecule has 76 valence electrons. The van der Waals surface area contributed by atoms with Gasteiger partial charge in [0.15, 0.2) is 0 Å². The SMILES string of the molecule is CC(C)(C)C1CN(C2CCCC2)C1. The van der Waals surface area contributed by atoms with Crippen molar-refractivity contribution in [3.05, 3.63) is 0 Å². The Hall–Kier alpha value is -0.0400. The highest BCUT2D eigenvalue weighted by atomic mass is 15.2. The third kappa shape index (κ3) is 1.90. The number of rotatable bonds is 1. The van der Waals surface area contributed by atoms with Gasteiger partial charge in [0, 0.05) is 19.1 Å². The molecule has 0 bridgehead atoms. The van der Waals surface area contributed by atoms with Crippen molar-refractivity contribution in [3.8, 4) is 0 Å². The maximum atomic E-state index is 2.71. The van der Waals surface area contributed by atoms with Crippen molar-refractivity contribution in [2.75, 3.05) is 13.1 Å². The summed E-state index contributed by atoms with van der Waals surface area (Å²) < 4.78 is 0. The van der Waals surface area contributed by atoms with E-state index in [1.807, 2.05) is 0 Å². The van der Waals surface area contributed by atoms with Gasteiger partial charge >= 0.3 is 0 Å². The first-order valence-corrected chi connectivity index (χ1v) is 5.81. The van der Waals surface area contributed by atoms with Gasteiger partial charge in [-0.15, -0.1) is 0 Å². The van der Waals surface area contributed by atoms with Crippen molar-refractivity contribution in [2.24, 2.45) is 11.3 Å². The smallest absolute Gasteiger partial charge is 0.00955 e. The summed E-state index contributed by atoms with van der Waals surface area (Å²) in [4.78, 5) is 2.71. The van der Waals surface area contributed by atoms with E-state index in [1.54, 1.807) is 0 Å². The normalized spacial score (nSPS) is 27.9. The molecule has 0 aromatic rings. The second kappa shape index (κ2) is 3.27. The first-order chi connectivity index (χ1) is 6.07. The lowest BCUT2D eigenvalue weighted by Crippen LogP contribution is -2.55. The third-order valence-corrected chi connectivity index (χ3v) is 3.98. The molecule has 1 aliphatic carbocycles. The topological polar surface area (TPSA) is 3.24 Å². The molecular formula is C12H23N. The Balaban J connectivity index is 1.78. The van der Waals surface area contributed by atoms with Crippen LogP contribution in [0.5, 0.6) is 0 Å². The number of hydrogen-bond donors (Lipinski definition) is 0. The van der Waals surface area contributed by atoms with E-state index in [9.17, 15) is 0 Å². The van der Waals surface area contributed by atoms with Gasteiger partial charge in [-0.1, -0.05) is 33.6 Å². The van der Waals surface area contributed by atoms with Crippen LogP contribution in [0.4, 0.5) is 0 Å². The first kappa shape index (κ1) is 9.51. The Labute approximate surface area is 82.5 Å². The van der Waals surface area contributed by atoms with E-state index in [-0.39, 0.29) is 0 Å². The van der Waals surface area contributed by atoms with Crippen molar-refractivity contribution >= 4 is 0 Å². The van der Waals surface area contributed by atoms with E-state index in [2.05, 4.69) is 25.7 Å². The first-order valence-electron chi connectivity index (χ1n) is 5.81. The molecule has 0 N–H and O–H groups in total. The van der Waals surface area contributed by atoms with E-state index >= 15 is 0 Å². The number of hydrogen-bond acceptors (Lipinski definition) is 1. The van der Waals surface area contributed by atoms with Crippen LogP contribution in [0.15, 0.2) is 0 Å². The molecule has 2 fully saturated rings. The largest absolute Gasteiger partial charge is 0.300 e. The summed E-state index contributed by atoms with van der Waals surface area (Å²) in [6, 6.07) is 0.957. The molecule has 0 aromatic heterocycles. The maximum absolute atomic E-state index is 2.71. The van der Waals surface area contributed by atoms with E-state index in [0.717, 1.165) is 12.0 Å². The lowest BCUT2D eigenvalue weighted by molar-refractivity contribution is -0.00503. The van der Waals surface area contributed by atoms with Gasteiger partial charge in [-0.2, -0.15) is 0 Å². The van der Waals surface area contributed by atoms with Gasteiger partial charge in [-0.3, -0.25) is 4.90 Å². The van der Waals surface area contributed by atoms with E-state index in [1.165, 1.54) is 38.8 Å². The predicted molar refractivity (Wildman–Crippen MR) is 56.8 cm³/mol. The van der Waals surface area contributed by atoms with Gasteiger partial charge in [-0.05, 0) is 24.2 Å². The summed E-state index contributed by atoms with van der Waals surface area (Å²) in [5.74, 6) is 0.952. The zero-order valence-electron chi connectivity index (χ0n) is 9.34. The van der Waals surface area contributed by atoms with Gasteiger partial charge in [0.2, 0.25) is 0 Å². The Bertz CT molecular complexity index is 168. The van der Waals surface area contributed by atoms with Gasteiger partial charge in [0.05, 0.1) is 0 Å². The third-order valence-electron chi connectivity index (χ3n) is 3.98. The molecule has 2 aliphatic rings. The van der Waals surface area contributed by atoms with Crippen molar-refractivity contribution in [1.29, 1.82) is 0 Å². The molecule has 2 rings (SSSR count). The van der Waals surface area contributed by atoms with Crippen LogP contribution in [0.25, 0.3) is 0 Å². The van der Waals surface area contributed by atoms with Crippen molar-refractivity contribution in [1.82, 2.24) is 4.90 Å². The highest BCUT2D eigenvalue weighted by molar-refractivity contribution is 4.92. The van der Waals surface area contributed by atoms with Crippen LogP contribution in [0, 0.1) is 11.3 Å². The standard InChI is InChI=1S/C12H23N/c1-12(2,3)10-8-13(9-10)11-6-4-5-7-11/h10-11H,4-9H2,1-3H3. The van der Waals surface area contributed by atoms with Crippen LogP contribution in [0.3, 0.4) is 0 Å². The van der Waals surface area contributed by atoms with Crippen LogP contribution in [-0.2, 0) is 0 Å². The summed E-state index contributed by atoms with van der Waals surface area (Å²) >= 11 is 0. The predicted octanol–water partition coefficient (Wildman–Crippen LogP) is 2.91. The Morgan fingerprint density at radius 3 is 2.00 bits per heavy atom. The maximum Gasteiger partial charge on any atom is 0.00955 e. The summed E-state index contributed by atoms with van der Waals surface area (Å²) in [7, 11) is 0.